The molecule has 3 aromatic rings. The van der Waals surface area contributed by atoms with E-state index in [2.05, 4.69) is 20.3 Å². The lowest BCUT2D eigenvalue weighted by Gasteiger charge is -2.07. The van der Waals surface area contributed by atoms with Gasteiger partial charge in [0.05, 0.1) is 23.6 Å². The Morgan fingerprint density at radius 3 is 2.92 bits per heavy atom. The summed E-state index contributed by atoms with van der Waals surface area (Å²) < 4.78 is 5.76. The molecule has 0 fully saturated rings. The Hall–Kier alpha value is -3.40. The number of benzene rings is 1. The second kappa shape index (κ2) is 7.24. The number of rotatable bonds is 6. The second-order valence-corrected chi connectivity index (χ2v) is 5.03. The van der Waals surface area contributed by atoms with E-state index in [4.69, 9.17) is 10.00 Å². The van der Waals surface area contributed by atoms with Crippen molar-refractivity contribution in [2.24, 2.45) is 0 Å². The average Bonchev–Trinajstić information content (AvgIpc) is 3.06. The number of ether oxygens (including phenoxy) is 1. The third-order valence-electron chi connectivity index (χ3n) is 3.48. The van der Waals surface area contributed by atoms with Crippen LogP contribution in [0, 0.1) is 11.3 Å². The lowest BCUT2D eigenvalue weighted by molar-refractivity contribution is 0.0960. The van der Waals surface area contributed by atoms with Crippen LogP contribution in [0.4, 0.5) is 0 Å². The number of amides is 1. The van der Waals surface area contributed by atoms with Crippen LogP contribution in [0.3, 0.4) is 0 Å². The number of carbonyl (C=O) groups is 1. The number of carbonyl (C=O) groups excluding carboxylic acids is 1. The lowest BCUT2D eigenvalue weighted by atomic mass is 10.2. The van der Waals surface area contributed by atoms with Crippen LogP contribution in [0.2, 0.25) is 0 Å². The van der Waals surface area contributed by atoms with Gasteiger partial charge >= 0.3 is 0 Å². The zero-order chi connectivity index (χ0) is 16.8. The van der Waals surface area contributed by atoms with E-state index < -0.39 is 0 Å². The molecule has 3 rings (SSSR count). The van der Waals surface area contributed by atoms with Crippen LogP contribution in [0.15, 0.2) is 42.9 Å². The van der Waals surface area contributed by atoms with Crippen molar-refractivity contribution in [2.75, 3.05) is 13.2 Å². The summed E-state index contributed by atoms with van der Waals surface area (Å²) in [5.74, 6) is -0.0233. The molecule has 1 aromatic carbocycles. The number of fused-ring (bicyclic) bond motifs is 1. The van der Waals surface area contributed by atoms with Gasteiger partial charge in [0.2, 0.25) is 5.88 Å². The van der Waals surface area contributed by atoms with Gasteiger partial charge in [0.15, 0.2) is 0 Å². The molecule has 0 aliphatic carbocycles. The first-order valence-electron chi connectivity index (χ1n) is 7.43. The summed E-state index contributed by atoms with van der Waals surface area (Å²) in [6.45, 7) is 0.365. The highest BCUT2D eigenvalue weighted by atomic mass is 16.5. The predicted molar refractivity (Wildman–Crippen MR) is 87.5 cm³/mol. The number of nitriles is 1. The topological polar surface area (TPSA) is 104 Å². The fourth-order valence-corrected chi connectivity index (χ4v) is 2.35. The number of nitrogens with one attached hydrogen (secondary N) is 2. The maximum Gasteiger partial charge on any atom is 0.254 e. The van der Waals surface area contributed by atoms with Crippen molar-refractivity contribution in [3.05, 3.63) is 54.0 Å². The fraction of sp³-hybridized carbons (Fsp3) is 0.176. The van der Waals surface area contributed by atoms with Crippen molar-refractivity contribution in [3.8, 4) is 11.9 Å². The molecule has 7 heteroatoms. The maximum absolute atomic E-state index is 12.1. The number of aromatic nitrogens is 3. The summed E-state index contributed by atoms with van der Waals surface area (Å²) in [5, 5.41) is 11.6. The molecule has 0 radical (unpaired) electrons. The van der Waals surface area contributed by atoms with Gasteiger partial charge in [-0.2, -0.15) is 5.26 Å². The van der Waals surface area contributed by atoms with E-state index in [1.165, 1.54) is 12.5 Å². The van der Waals surface area contributed by atoms with Crippen molar-refractivity contribution in [3.63, 3.8) is 0 Å². The number of nitrogens with zero attached hydrogens (tertiary/aromatic N) is 3. The molecule has 0 atom stereocenters. The molecule has 120 valence electrons. The van der Waals surface area contributed by atoms with E-state index in [9.17, 15) is 4.79 Å². The number of H-pyrrole nitrogens is 1. The molecule has 0 unspecified atom stereocenters. The molecule has 24 heavy (non-hydrogen) atoms. The summed E-state index contributed by atoms with van der Waals surface area (Å²) in [6, 6.07) is 11.8. The first-order chi connectivity index (χ1) is 11.8. The monoisotopic (exact) mass is 321 g/mol. The van der Waals surface area contributed by atoms with Crippen molar-refractivity contribution in [2.45, 2.75) is 6.42 Å². The minimum atomic E-state index is -0.370. The Bertz CT molecular complexity index is 883. The highest BCUT2D eigenvalue weighted by Gasteiger charge is 2.17. The summed E-state index contributed by atoms with van der Waals surface area (Å²) >= 11 is 0. The Morgan fingerprint density at radius 1 is 1.29 bits per heavy atom. The third kappa shape index (κ3) is 3.33. The summed E-state index contributed by atoms with van der Waals surface area (Å²) in [7, 11) is 0. The molecule has 0 aliphatic heterocycles. The van der Waals surface area contributed by atoms with E-state index in [-0.39, 0.29) is 12.5 Å². The maximum atomic E-state index is 12.1. The van der Waals surface area contributed by atoms with Crippen LogP contribution in [0.5, 0.6) is 5.88 Å². The molecule has 2 N–H and O–H groups in total. The lowest BCUT2D eigenvalue weighted by Crippen LogP contribution is -2.23. The minimum absolute atomic E-state index is 0.0661. The Labute approximate surface area is 138 Å². The highest BCUT2D eigenvalue weighted by Crippen LogP contribution is 2.25. The van der Waals surface area contributed by atoms with E-state index >= 15 is 0 Å². The quantitative estimate of drug-likeness (QED) is 0.674. The Morgan fingerprint density at radius 2 is 2.12 bits per heavy atom. The van der Waals surface area contributed by atoms with Crippen molar-refractivity contribution < 1.29 is 9.53 Å². The summed E-state index contributed by atoms with van der Waals surface area (Å²) in [6.07, 6.45) is 3.65. The smallest absolute Gasteiger partial charge is 0.254 e. The molecule has 0 bridgehead atoms. The van der Waals surface area contributed by atoms with Crippen LogP contribution < -0.4 is 10.1 Å². The van der Waals surface area contributed by atoms with Gasteiger partial charge in [-0.3, -0.25) is 4.79 Å². The average molecular weight is 321 g/mol. The predicted octanol–water partition coefficient (Wildman–Crippen LogP) is 1.83. The van der Waals surface area contributed by atoms with Crippen LogP contribution in [-0.4, -0.2) is 34.0 Å². The van der Waals surface area contributed by atoms with Crippen molar-refractivity contribution in [1.82, 2.24) is 20.3 Å². The van der Waals surface area contributed by atoms with Crippen LogP contribution >= 0.6 is 0 Å². The van der Waals surface area contributed by atoms with E-state index in [0.29, 0.717) is 29.1 Å². The van der Waals surface area contributed by atoms with Crippen LogP contribution in [0.25, 0.3) is 11.0 Å². The van der Waals surface area contributed by atoms with Crippen molar-refractivity contribution in [1.29, 1.82) is 5.26 Å². The molecule has 0 saturated carbocycles. The fourth-order valence-electron chi connectivity index (χ4n) is 2.35. The standard InChI is InChI=1S/C17H15N5O2/c18-7-8-19-16(23)13-10-20-15-14(13)17(22-11-21-15)24-9-6-12-4-2-1-3-5-12/h1-5,10-11H,6,8-9H2,(H,19,23)(H,20,21,22). The first-order valence-corrected chi connectivity index (χ1v) is 7.43. The Balaban J connectivity index is 1.79. The largest absolute Gasteiger partial charge is 0.477 e. The van der Waals surface area contributed by atoms with Gasteiger partial charge in [-0.15, -0.1) is 0 Å². The molecule has 2 heterocycles. The van der Waals surface area contributed by atoms with Crippen molar-refractivity contribution >= 4 is 16.9 Å². The van der Waals surface area contributed by atoms with E-state index in [1.807, 2.05) is 36.4 Å². The normalized spacial score (nSPS) is 10.3. The van der Waals surface area contributed by atoms with Gasteiger partial charge in [0.1, 0.15) is 18.5 Å². The van der Waals surface area contributed by atoms with Gasteiger partial charge < -0.3 is 15.0 Å². The zero-order valence-electron chi connectivity index (χ0n) is 12.8. The van der Waals surface area contributed by atoms with Crippen LogP contribution in [-0.2, 0) is 6.42 Å². The third-order valence-corrected chi connectivity index (χ3v) is 3.48. The van der Waals surface area contributed by atoms with E-state index in [1.54, 1.807) is 0 Å². The van der Waals surface area contributed by atoms with Gasteiger partial charge in [-0.05, 0) is 5.56 Å². The molecular weight excluding hydrogens is 306 g/mol. The molecule has 0 aliphatic rings. The van der Waals surface area contributed by atoms with E-state index in [0.717, 1.165) is 12.0 Å². The molecule has 7 nitrogen and oxygen atoms in total. The van der Waals surface area contributed by atoms with Gasteiger partial charge in [-0.25, -0.2) is 9.97 Å². The molecular formula is C17H15N5O2. The Kier molecular flexibility index (Phi) is 4.68. The van der Waals surface area contributed by atoms with Gasteiger partial charge in [0.25, 0.3) is 5.91 Å². The molecule has 0 saturated heterocycles. The second-order valence-electron chi connectivity index (χ2n) is 5.03. The van der Waals surface area contributed by atoms with Gasteiger partial charge in [-0.1, -0.05) is 30.3 Å². The highest BCUT2D eigenvalue weighted by molar-refractivity contribution is 6.07. The first kappa shape index (κ1) is 15.5. The zero-order valence-corrected chi connectivity index (χ0v) is 12.8. The number of hydrogen-bond acceptors (Lipinski definition) is 5. The summed E-state index contributed by atoms with van der Waals surface area (Å²) in [5.41, 5.74) is 2.03. The summed E-state index contributed by atoms with van der Waals surface area (Å²) in [4.78, 5) is 23.3. The van der Waals surface area contributed by atoms with Gasteiger partial charge in [0, 0.05) is 12.6 Å². The van der Waals surface area contributed by atoms with Crippen LogP contribution in [0.1, 0.15) is 15.9 Å². The number of aromatic amines is 1. The minimum Gasteiger partial charge on any atom is -0.477 e. The SMILES string of the molecule is N#CCNC(=O)c1c[nH]c2ncnc(OCCc3ccccc3)c12. The number of hydrogen-bond donors (Lipinski definition) is 2. The molecule has 1 amide bonds. The molecule has 0 spiro atoms. The molecule has 2 aromatic heterocycles.